The molecule has 78 valence electrons. The monoisotopic (exact) mass is 233 g/mol. The Balaban J connectivity index is 2.51. The second kappa shape index (κ2) is 4.66. The molecule has 0 amide bonds. The average molecular weight is 234 g/mol. The predicted molar refractivity (Wildman–Crippen MR) is 59.7 cm³/mol. The highest BCUT2D eigenvalue weighted by molar-refractivity contribution is 7.90. The molecule has 5 heteroatoms. The van der Waals surface area contributed by atoms with Crippen LogP contribution in [-0.4, -0.2) is 27.0 Å². The number of hydrogen-bond donors (Lipinski definition) is 1. The lowest BCUT2D eigenvalue weighted by Crippen LogP contribution is -2.14. The third kappa shape index (κ3) is 3.98. The number of sulfone groups is 1. The molecule has 0 fully saturated rings. The molecule has 14 heavy (non-hydrogen) atoms. The predicted octanol–water partition coefficient (Wildman–Crippen LogP) is 1.80. The van der Waals surface area contributed by atoms with Crippen LogP contribution in [0.5, 0.6) is 0 Å². The molecule has 0 saturated carbocycles. The van der Waals surface area contributed by atoms with Gasteiger partial charge in [-0.25, -0.2) is 8.42 Å². The van der Waals surface area contributed by atoms with Crippen molar-refractivity contribution in [2.45, 2.75) is 0 Å². The van der Waals surface area contributed by atoms with Gasteiger partial charge in [-0.3, -0.25) is 0 Å². The van der Waals surface area contributed by atoms with E-state index in [1.165, 1.54) is 6.26 Å². The minimum absolute atomic E-state index is 0.109. The summed E-state index contributed by atoms with van der Waals surface area (Å²) in [5, 5.41) is 3.56. The Labute approximate surface area is 89.0 Å². The van der Waals surface area contributed by atoms with Gasteiger partial charge in [0, 0.05) is 12.8 Å². The van der Waals surface area contributed by atoms with Gasteiger partial charge in [0.15, 0.2) is 0 Å². The quantitative estimate of drug-likeness (QED) is 0.863. The molecule has 1 N–H and O–H groups in total. The first kappa shape index (κ1) is 11.3. The first-order valence-electron chi connectivity index (χ1n) is 4.15. The molecule has 1 rings (SSSR count). The highest BCUT2D eigenvalue weighted by Gasteiger charge is 2.02. The Morgan fingerprint density at radius 3 is 2.57 bits per heavy atom. The number of nitrogens with one attached hydrogen (secondary N) is 1. The van der Waals surface area contributed by atoms with E-state index >= 15 is 0 Å². The highest BCUT2D eigenvalue weighted by atomic mass is 35.5. The standard InChI is InChI=1S/C9H12ClNO2S/c1-14(12,13)7-6-11-9-5-3-2-4-8(9)10/h2-5,11H,6-7H2,1H3. The molecule has 0 heterocycles. The largest absolute Gasteiger partial charge is 0.383 e. The van der Waals surface area contributed by atoms with Crippen LogP contribution >= 0.6 is 11.6 Å². The maximum Gasteiger partial charge on any atom is 0.149 e. The van der Waals surface area contributed by atoms with E-state index in [1.807, 2.05) is 18.2 Å². The summed E-state index contributed by atoms with van der Waals surface area (Å²) in [6, 6.07) is 7.23. The summed E-state index contributed by atoms with van der Waals surface area (Å²) in [6.07, 6.45) is 1.21. The molecular formula is C9H12ClNO2S. The van der Waals surface area contributed by atoms with Crippen molar-refractivity contribution < 1.29 is 8.42 Å². The Morgan fingerprint density at radius 2 is 2.00 bits per heavy atom. The maximum atomic E-state index is 10.8. The van der Waals surface area contributed by atoms with Gasteiger partial charge in [-0.05, 0) is 12.1 Å². The fourth-order valence-corrected chi connectivity index (χ4v) is 1.65. The van der Waals surface area contributed by atoms with E-state index < -0.39 is 9.84 Å². The van der Waals surface area contributed by atoms with Crippen LogP contribution in [0.4, 0.5) is 5.69 Å². The van der Waals surface area contributed by atoms with Crippen molar-refractivity contribution in [3.8, 4) is 0 Å². The summed E-state index contributed by atoms with van der Waals surface area (Å²) in [6.45, 7) is 0.378. The molecule has 3 nitrogen and oxygen atoms in total. The number of para-hydroxylation sites is 1. The molecule has 0 aliphatic carbocycles. The molecule has 0 unspecified atom stereocenters. The van der Waals surface area contributed by atoms with Crippen LogP contribution in [0.2, 0.25) is 5.02 Å². The van der Waals surface area contributed by atoms with Crippen molar-refractivity contribution >= 4 is 27.1 Å². The van der Waals surface area contributed by atoms with Crippen LogP contribution in [0, 0.1) is 0 Å². The zero-order valence-electron chi connectivity index (χ0n) is 7.83. The average Bonchev–Trinajstić information content (AvgIpc) is 2.06. The van der Waals surface area contributed by atoms with Crippen molar-refractivity contribution in [2.75, 3.05) is 23.9 Å². The van der Waals surface area contributed by atoms with Gasteiger partial charge in [-0.1, -0.05) is 23.7 Å². The lowest BCUT2D eigenvalue weighted by Gasteiger charge is -2.06. The third-order valence-corrected chi connectivity index (χ3v) is 2.94. The Bertz CT molecular complexity index is 403. The van der Waals surface area contributed by atoms with E-state index in [-0.39, 0.29) is 5.75 Å². The summed E-state index contributed by atoms with van der Waals surface area (Å²) in [7, 11) is -2.91. The van der Waals surface area contributed by atoms with Gasteiger partial charge in [0.1, 0.15) is 9.84 Å². The van der Waals surface area contributed by atoms with Crippen LogP contribution in [-0.2, 0) is 9.84 Å². The van der Waals surface area contributed by atoms with Crippen LogP contribution < -0.4 is 5.32 Å². The zero-order chi connectivity index (χ0) is 10.6. The fraction of sp³-hybridized carbons (Fsp3) is 0.333. The van der Waals surface area contributed by atoms with Gasteiger partial charge in [-0.2, -0.15) is 0 Å². The first-order valence-corrected chi connectivity index (χ1v) is 6.59. The fourth-order valence-electron chi connectivity index (χ4n) is 0.976. The van der Waals surface area contributed by atoms with Crippen LogP contribution in [0.3, 0.4) is 0 Å². The van der Waals surface area contributed by atoms with Gasteiger partial charge < -0.3 is 5.32 Å². The van der Waals surface area contributed by atoms with Crippen LogP contribution in [0.15, 0.2) is 24.3 Å². The van der Waals surface area contributed by atoms with E-state index in [4.69, 9.17) is 11.6 Å². The van der Waals surface area contributed by atoms with Crippen molar-refractivity contribution in [3.05, 3.63) is 29.3 Å². The number of anilines is 1. The normalized spacial score (nSPS) is 11.3. The summed E-state index contributed by atoms with van der Waals surface area (Å²) in [5.41, 5.74) is 0.762. The molecule has 0 bridgehead atoms. The second-order valence-corrected chi connectivity index (χ2v) is 5.70. The maximum absolute atomic E-state index is 10.8. The van der Waals surface area contributed by atoms with Crippen LogP contribution in [0.25, 0.3) is 0 Å². The second-order valence-electron chi connectivity index (χ2n) is 3.04. The minimum Gasteiger partial charge on any atom is -0.383 e. The lowest BCUT2D eigenvalue weighted by atomic mass is 10.3. The smallest absolute Gasteiger partial charge is 0.149 e. The molecule has 0 aliphatic rings. The lowest BCUT2D eigenvalue weighted by molar-refractivity contribution is 0.602. The highest BCUT2D eigenvalue weighted by Crippen LogP contribution is 2.19. The number of hydrogen-bond acceptors (Lipinski definition) is 3. The number of benzene rings is 1. The van der Waals surface area contributed by atoms with E-state index in [0.29, 0.717) is 11.6 Å². The van der Waals surface area contributed by atoms with Gasteiger partial charge >= 0.3 is 0 Å². The number of halogens is 1. The van der Waals surface area contributed by atoms with E-state index in [2.05, 4.69) is 5.32 Å². The molecule has 1 aromatic carbocycles. The summed E-state index contributed by atoms with van der Waals surface area (Å²) in [5.74, 6) is 0.109. The number of rotatable bonds is 4. The topological polar surface area (TPSA) is 46.2 Å². The van der Waals surface area contributed by atoms with Crippen molar-refractivity contribution in [3.63, 3.8) is 0 Å². The molecule has 0 radical (unpaired) electrons. The zero-order valence-corrected chi connectivity index (χ0v) is 9.40. The molecule has 0 saturated heterocycles. The molecule has 0 spiro atoms. The molecule has 0 aromatic heterocycles. The van der Waals surface area contributed by atoms with Crippen molar-refractivity contribution in [1.82, 2.24) is 0 Å². The Hall–Kier alpha value is -0.740. The van der Waals surface area contributed by atoms with Gasteiger partial charge in [0.25, 0.3) is 0 Å². The van der Waals surface area contributed by atoms with Crippen molar-refractivity contribution in [1.29, 1.82) is 0 Å². The molecule has 0 atom stereocenters. The van der Waals surface area contributed by atoms with Crippen LogP contribution in [0.1, 0.15) is 0 Å². The third-order valence-electron chi connectivity index (χ3n) is 1.66. The van der Waals surface area contributed by atoms with E-state index in [0.717, 1.165) is 5.69 Å². The molecule has 0 aliphatic heterocycles. The summed E-state index contributed by atoms with van der Waals surface area (Å²) in [4.78, 5) is 0. The summed E-state index contributed by atoms with van der Waals surface area (Å²) >= 11 is 5.86. The molecule has 1 aromatic rings. The van der Waals surface area contributed by atoms with Gasteiger partial charge in [0.2, 0.25) is 0 Å². The Morgan fingerprint density at radius 1 is 1.36 bits per heavy atom. The van der Waals surface area contributed by atoms with Gasteiger partial charge in [0.05, 0.1) is 16.5 Å². The van der Waals surface area contributed by atoms with Gasteiger partial charge in [-0.15, -0.1) is 0 Å². The minimum atomic E-state index is -2.91. The SMILES string of the molecule is CS(=O)(=O)CCNc1ccccc1Cl. The molecular weight excluding hydrogens is 222 g/mol. The first-order chi connectivity index (χ1) is 6.49. The van der Waals surface area contributed by atoms with E-state index in [9.17, 15) is 8.42 Å². The van der Waals surface area contributed by atoms with Crippen molar-refractivity contribution in [2.24, 2.45) is 0 Å². The Kier molecular flexibility index (Phi) is 3.77. The summed E-state index contributed by atoms with van der Waals surface area (Å²) < 4.78 is 21.7. The van der Waals surface area contributed by atoms with E-state index in [1.54, 1.807) is 6.07 Å².